The number of rotatable bonds is 4. The fourth-order valence-electron chi connectivity index (χ4n) is 2.75. The van der Waals surface area contributed by atoms with Crippen molar-refractivity contribution in [3.05, 3.63) is 87.2 Å². The summed E-state index contributed by atoms with van der Waals surface area (Å²) in [5.74, 6) is -0.775. The van der Waals surface area contributed by atoms with Crippen molar-refractivity contribution in [2.24, 2.45) is 0 Å². The number of hydrogen-bond acceptors (Lipinski definition) is 5. The molecule has 144 valence electrons. The van der Waals surface area contributed by atoms with E-state index in [1.807, 2.05) is 0 Å². The first-order valence-corrected chi connectivity index (χ1v) is 8.70. The Morgan fingerprint density at radius 1 is 1.14 bits per heavy atom. The molecule has 0 saturated carbocycles. The maximum Gasteiger partial charge on any atom is 0.270 e. The second-order valence-corrected chi connectivity index (χ2v) is 6.49. The molecular formula is C20H11ClFN3O4. The van der Waals surface area contributed by atoms with Gasteiger partial charge in [-0.3, -0.25) is 14.9 Å². The zero-order valence-electron chi connectivity index (χ0n) is 14.6. The first kappa shape index (κ1) is 18.6. The van der Waals surface area contributed by atoms with Crippen LogP contribution >= 0.6 is 11.6 Å². The Morgan fingerprint density at radius 3 is 2.72 bits per heavy atom. The van der Waals surface area contributed by atoms with Gasteiger partial charge < -0.3 is 9.73 Å². The highest BCUT2D eigenvalue weighted by Gasteiger charge is 2.17. The van der Waals surface area contributed by atoms with E-state index < -0.39 is 16.6 Å². The Bertz CT molecular complexity index is 1270. The number of non-ortho nitro benzene ring substituents is 1. The third kappa shape index (κ3) is 3.78. The molecule has 1 aromatic heterocycles. The van der Waals surface area contributed by atoms with Crippen molar-refractivity contribution in [2.45, 2.75) is 0 Å². The van der Waals surface area contributed by atoms with Gasteiger partial charge in [-0.1, -0.05) is 17.7 Å². The molecule has 0 unspecified atom stereocenters. The summed E-state index contributed by atoms with van der Waals surface area (Å²) >= 11 is 6.00. The van der Waals surface area contributed by atoms with Crippen molar-refractivity contribution >= 4 is 40.0 Å². The zero-order valence-corrected chi connectivity index (χ0v) is 15.3. The number of nitrogens with one attached hydrogen (secondary N) is 1. The summed E-state index contributed by atoms with van der Waals surface area (Å²) in [5, 5.41) is 13.6. The lowest BCUT2D eigenvalue weighted by atomic mass is 10.2. The van der Waals surface area contributed by atoms with Crippen LogP contribution in [-0.2, 0) is 0 Å². The summed E-state index contributed by atoms with van der Waals surface area (Å²) in [6.07, 6.45) is 0. The Balaban J connectivity index is 1.63. The van der Waals surface area contributed by atoms with Gasteiger partial charge in [0.1, 0.15) is 11.3 Å². The van der Waals surface area contributed by atoms with Crippen LogP contribution in [0.4, 0.5) is 15.8 Å². The van der Waals surface area contributed by atoms with Crippen LogP contribution in [0.2, 0.25) is 5.02 Å². The van der Waals surface area contributed by atoms with Crippen LogP contribution in [0, 0.1) is 15.9 Å². The number of carbonyl (C=O) groups excluding carboxylic acids is 1. The maximum atomic E-state index is 13.4. The van der Waals surface area contributed by atoms with E-state index >= 15 is 0 Å². The van der Waals surface area contributed by atoms with E-state index in [1.54, 1.807) is 30.3 Å². The maximum absolute atomic E-state index is 13.4. The lowest BCUT2D eigenvalue weighted by Crippen LogP contribution is -2.12. The topological polar surface area (TPSA) is 98.3 Å². The summed E-state index contributed by atoms with van der Waals surface area (Å²) in [7, 11) is 0. The Labute approximate surface area is 167 Å². The third-order valence-corrected chi connectivity index (χ3v) is 4.45. The van der Waals surface area contributed by atoms with Gasteiger partial charge >= 0.3 is 0 Å². The van der Waals surface area contributed by atoms with E-state index in [-0.39, 0.29) is 22.2 Å². The van der Waals surface area contributed by atoms with Crippen molar-refractivity contribution < 1.29 is 18.5 Å². The standard InChI is InChI=1S/C20H11ClFN3O4/c21-16-6-5-14(25(27)28)10-15(16)19(26)23-13-4-7-18-17(9-13)24-20(29-18)11-2-1-3-12(22)8-11/h1-10H,(H,23,26). The quantitative estimate of drug-likeness (QED) is 0.355. The van der Waals surface area contributed by atoms with Gasteiger partial charge in [0.15, 0.2) is 5.58 Å². The predicted molar refractivity (Wildman–Crippen MR) is 105 cm³/mol. The lowest BCUT2D eigenvalue weighted by Gasteiger charge is -2.06. The molecule has 0 fully saturated rings. The molecule has 0 atom stereocenters. The summed E-state index contributed by atoms with van der Waals surface area (Å²) in [6.45, 7) is 0. The number of nitro benzene ring substituents is 1. The normalized spacial score (nSPS) is 10.8. The molecule has 1 heterocycles. The Kier molecular flexibility index (Phi) is 4.69. The van der Waals surface area contributed by atoms with E-state index in [0.717, 1.165) is 6.07 Å². The number of nitrogens with zero attached hydrogens (tertiary/aromatic N) is 2. The lowest BCUT2D eigenvalue weighted by molar-refractivity contribution is -0.384. The van der Waals surface area contributed by atoms with Crippen LogP contribution in [0.3, 0.4) is 0 Å². The van der Waals surface area contributed by atoms with Crippen molar-refractivity contribution in [3.63, 3.8) is 0 Å². The van der Waals surface area contributed by atoms with Crippen LogP contribution < -0.4 is 5.32 Å². The largest absolute Gasteiger partial charge is 0.436 e. The highest BCUT2D eigenvalue weighted by Crippen LogP contribution is 2.28. The summed E-state index contributed by atoms with van der Waals surface area (Å²) in [5.41, 5.74) is 1.51. The van der Waals surface area contributed by atoms with E-state index in [1.165, 1.54) is 24.3 Å². The van der Waals surface area contributed by atoms with Crippen LogP contribution in [-0.4, -0.2) is 15.8 Å². The molecular weight excluding hydrogens is 401 g/mol. The van der Waals surface area contributed by atoms with Gasteiger partial charge in [0.25, 0.3) is 11.6 Å². The van der Waals surface area contributed by atoms with Gasteiger partial charge in [-0.25, -0.2) is 9.37 Å². The summed E-state index contributed by atoms with van der Waals surface area (Å²) < 4.78 is 19.0. The van der Waals surface area contributed by atoms with Crippen LogP contribution in [0.5, 0.6) is 0 Å². The van der Waals surface area contributed by atoms with Gasteiger partial charge in [-0.2, -0.15) is 0 Å². The molecule has 1 N–H and O–H groups in total. The molecule has 9 heteroatoms. The van der Waals surface area contributed by atoms with Gasteiger partial charge in [-0.15, -0.1) is 0 Å². The fraction of sp³-hybridized carbons (Fsp3) is 0. The number of oxazole rings is 1. The number of carbonyl (C=O) groups is 1. The monoisotopic (exact) mass is 411 g/mol. The molecule has 4 aromatic rings. The van der Waals surface area contributed by atoms with Crippen LogP contribution in [0.25, 0.3) is 22.6 Å². The predicted octanol–water partition coefficient (Wildman–Crippen LogP) is 5.45. The average Bonchev–Trinajstić information content (AvgIpc) is 3.11. The van der Waals surface area contributed by atoms with Crippen molar-refractivity contribution in [3.8, 4) is 11.5 Å². The van der Waals surface area contributed by atoms with E-state index in [0.29, 0.717) is 22.4 Å². The molecule has 0 aliphatic rings. The molecule has 0 spiro atoms. The number of halogens is 2. The second kappa shape index (κ2) is 7.33. The molecule has 4 rings (SSSR count). The number of fused-ring (bicyclic) bond motifs is 1. The number of nitro groups is 1. The van der Waals surface area contributed by atoms with Gasteiger partial charge in [0, 0.05) is 23.4 Å². The number of hydrogen-bond donors (Lipinski definition) is 1. The van der Waals surface area contributed by atoms with Crippen LogP contribution in [0.15, 0.2) is 65.1 Å². The van der Waals surface area contributed by atoms with Crippen molar-refractivity contribution in [1.29, 1.82) is 0 Å². The number of amides is 1. The van der Waals surface area contributed by atoms with Crippen molar-refractivity contribution in [1.82, 2.24) is 4.98 Å². The minimum absolute atomic E-state index is 0.0263. The van der Waals surface area contributed by atoms with Gasteiger partial charge in [0.05, 0.1) is 15.5 Å². The highest BCUT2D eigenvalue weighted by atomic mass is 35.5. The number of anilines is 1. The van der Waals surface area contributed by atoms with Crippen molar-refractivity contribution in [2.75, 3.05) is 5.32 Å². The second-order valence-electron chi connectivity index (χ2n) is 6.09. The molecule has 0 saturated heterocycles. The molecule has 0 radical (unpaired) electrons. The minimum Gasteiger partial charge on any atom is -0.436 e. The summed E-state index contributed by atoms with van der Waals surface area (Å²) in [6, 6.07) is 14.2. The molecule has 1 amide bonds. The van der Waals surface area contributed by atoms with E-state index in [4.69, 9.17) is 16.0 Å². The smallest absolute Gasteiger partial charge is 0.270 e. The zero-order chi connectivity index (χ0) is 20.5. The Hall–Kier alpha value is -3.78. The van der Waals surface area contributed by atoms with E-state index in [2.05, 4.69) is 10.3 Å². The number of benzene rings is 3. The van der Waals surface area contributed by atoms with Gasteiger partial charge in [0.2, 0.25) is 5.89 Å². The molecule has 3 aromatic carbocycles. The molecule has 0 bridgehead atoms. The third-order valence-electron chi connectivity index (χ3n) is 4.12. The fourth-order valence-corrected chi connectivity index (χ4v) is 2.95. The van der Waals surface area contributed by atoms with E-state index in [9.17, 15) is 19.3 Å². The average molecular weight is 412 g/mol. The number of aromatic nitrogens is 1. The first-order chi connectivity index (χ1) is 13.9. The van der Waals surface area contributed by atoms with Crippen LogP contribution in [0.1, 0.15) is 10.4 Å². The molecule has 0 aliphatic heterocycles. The van der Waals surface area contributed by atoms with Gasteiger partial charge in [-0.05, 0) is 42.5 Å². The first-order valence-electron chi connectivity index (χ1n) is 8.32. The Morgan fingerprint density at radius 2 is 1.97 bits per heavy atom. The SMILES string of the molecule is O=C(Nc1ccc2oc(-c3cccc(F)c3)nc2c1)c1cc([N+](=O)[O-])ccc1Cl. The molecule has 7 nitrogen and oxygen atoms in total. The molecule has 29 heavy (non-hydrogen) atoms. The summed E-state index contributed by atoms with van der Waals surface area (Å²) in [4.78, 5) is 27.1. The highest BCUT2D eigenvalue weighted by molar-refractivity contribution is 6.34. The minimum atomic E-state index is -0.609. The molecule has 0 aliphatic carbocycles.